The Kier molecular flexibility index (Phi) is 4.53. The molecule has 0 saturated heterocycles. The molecular weight excluding hydrogens is 282 g/mol. The van der Waals surface area contributed by atoms with Crippen LogP contribution in [0, 0.1) is 0 Å². The fourth-order valence-corrected chi connectivity index (χ4v) is 2.85. The minimum atomic E-state index is -3.59. The third-order valence-corrected chi connectivity index (χ3v) is 4.17. The van der Waals surface area contributed by atoms with Crippen molar-refractivity contribution in [3.8, 4) is 0 Å². The quantitative estimate of drug-likeness (QED) is 0.751. The van der Waals surface area contributed by atoms with Crippen molar-refractivity contribution < 1.29 is 12.9 Å². The van der Waals surface area contributed by atoms with E-state index in [1.54, 1.807) is 12.3 Å². The predicted octanol–water partition coefficient (Wildman–Crippen LogP) is 0.0889. The highest BCUT2D eigenvalue weighted by Crippen LogP contribution is 2.14. The van der Waals surface area contributed by atoms with Gasteiger partial charge in [0.2, 0.25) is 16.4 Å². The lowest BCUT2D eigenvalue weighted by atomic mass is 10.4. The van der Waals surface area contributed by atoms with E-state index in [4.69, 9.17) is 0 Å². The van der Waals surface area contributed by atoms with Crippen LogP contribution < -0.4 is 10.0 Å². The summed E-state index contributed by atoms with van der Waals surface area (Å²) < 4.78 is 33.2. The maximum absolute atomic E-state index is 12.2. The van der Waals surface area contributed by atoms with Crippen LogP contribution in [0.25, 0.3) is 0 Å². The van der Waals surface area contributed by atoms with Gasteiger partial charge in [-0.25, -0.2) is 13.1 Å². The van der Waals surface area contributed by atoms with Crippen molar-refractivity contribution in [3.63, 3.8) is 0 Å². The van der Waals surface area contributed by atoms with Gasteiger partial charge in [0, 0.05) is 25.0 Å². The van der Waals surface area contributed by atoms with E-state index in [0.29, 0.717) is 18.9 Å². The molecule has 2 rings (SSSR count). The number of aromatic nitrogens is 3. The summed E-state index contributed by atoms with van der Waals surface area (Å²) in [6.45, 7) is 3.27. The van der Waals surface area contributed by atoms with Crippen LogP contribution in [0.15, 0.2) is 28.1 Å². The van der Waals surface area contributed by atoms with Crippen molar-refractivity contribution in [2.24, 2.45) is 0 Å². The fraction of sp³-hybridized carbons (Fsp3) is 0.455. The average molecular weight is 299 g/mol. The van der Waals surface area contributed by atoms with Crippen molar-refractivity contribution in [3.05, 3.63) is 30.2 Å². The van der Waals surface area contributed by atoms with Gasteiger partial charge in [0.05, 0.1) is 11.4 Å². The molecule has 20 heavy (non-hydrogen) atoms. The zero-order valence-corrected chi connectivity index (χ0v) is 12.1. The van der Waals surface area contributed by atoms with Crippen LogP contribution in [0.3, 0.4) is 0 Å². The number of nitrogens with one attached hydrogen (secondary N) is 2. The van der Waals surface area contributed by atoms with Crippen LogP contribution in [0.4, 0.5) is 0 Å². The van der Waals surface area contributed by atoms with Crippen molar-refractivity contribution in [2.75, 3.05) is 7.05 Å². The Balaban J connectivity index is 2.16. The number of aryl methyl sites for hydroxylation is 1. The number of rotatable bonds is 7. The second-order valence-electron chi connectivity index (χ2n) is 4.16. The number of nitrogens with zero attached hydrogens (tertiary/aromatic N) is 3. The lowest BCUT2D eigenvalue weighted by molar-refractivity contribution is 0.409. The molecule has 2 heterocycles. The van der Waals surface area contributed by atoms with E-state index in [-0.39, 0.29) is 11.4 Å². The molecule has 9 heteroatoms. The SMILES string of the molecule is CCn1cc(S(=O)(=O)NCc2ncon2)cc1CNC. The molecule has 0 bridgehead atoms. The number of sulfonamides is 1. The van der Waals surface area contributed by atoms with Gasteiger partial charge in [0.15, 0.2) is 5.82 Å². The van der Waals surface area contributed by atoms with E-state index in [2.05, 4.69) is 24.7 Å². The number of hydrogen-bond donors (Lipinski definition) is 2. The van der Waals surface area contributed by atoms with Crippen LogP contribution in [0.2, 0.25) is 0 Å². The van der Waals surface area contributed by atoms with E-state index in [9.17, 15) is 8.42 Å². The van der Waals surface area contributed by atoms with Gasteiger partial charge in [-0.1, -0.05) is 5.16 Å². The first-order chi connectivity index (χ1) is 9.56. The van der Waals surface area contributed by atoms with Crippen LogP contribution >= 0.6 is 0 Å². The summed E-state index contributed by atoms with van der Waals surface area (Å²) in [6.07, 6.45) is 2.77. The number of hydrogen-bond acceptors (Lipinski definition) is 6. The summed E-state index contributed by atoms with van der Waals surface area (Å²) in [5, 5.41) is 6.56. The second kappa shape index (κ2) is 6.16. The van der Waals surface area contributed by atoms with E-state index in [1.165, 1.54) is 0 Å². The Morgan fingerprint density at radius 1 is 1.40 bits per heavy atom. The van der Waals surface area contributed by atoms with Crippen molar-refractivity contribution in [2.45, 2.75) is 31.5 Å². The standard InChI is InChI=1S/C11H17N5O3S/c1-3-16-7-10(4-9(16)5-12-2)20(17,18)14-6-11-13-8-19-15-11/h4,7-8,12,14H,3,5-6H2,1-2H3. The Morgan fingerprint density at radius 3 is 2.80 bits per heavy atom. The van der Waals surface area contributed by atoms with Crippen LogP contribution in [-0.2, 0) is 29.7 Å². The third kappa shape index (κ3) is 3.24. The molecule has 8 nitrogen and oxygen atoms in total. The van der Waals surface area contributed by atoms with Crippen LogP contribution in [-0.4, -0.2) is 30.2 Å². The van der Waals surface area contributed by atoms with Gasteiger partial charge < -0.3 is 14.4 Å². The van der Waals surface area contributed by atoms with Gasteiger partial charge in [-0.05, 0) is 20.0 Å². The average Bonchev–Trinajstić information content (AvgIpc) is 3.06. The van der Waals surface area contributed by atoms with Crippen LogP contribution in [0.5, 0.6) is 0 Å². The summed E-state index contributed by atoms with van der Waals surface area (Å²) in [5.41, 5.74) is 0.912. The fourth-order valence-electron chi connectivity index (χ4n) is 1.81. The summed E-state index contributed by atoms with van der Waals surface area (Å²) >= 11 is 0. The van der Waals surface area contributed by atoms with Gasteiger partial charge in [-0.3, -0.25) is 0 Å². The van der Waals surface area contributed by atoms with Gasteiger partial charge in [-0.15, -0.1) is 0 Å². The molecule has 0 aliphatic rings. The van der Waals surface area contributed by atoms with E-state index in [0.717, 1.165) is 12.1 Å². The minimum absolute atomic E-state index is 0.00248. The monoisotopic (exact) mass is 299 g/mol. The summed E-state index contributed by atoms with van der Waals surface area (Å²) in [7, 11) is -1.77. The molecule has 0 saturated carbocycles. The van der Waals surface area contributed by atoms with Gasteiger partial charge in [0.1, 0.15) is 0 Å². The molecule has 0 aliphatic carbocycles. The normalized spacial score (nSPS) is 11.9. The molecule has 2 aromatic heterocycles. The lowest BCUT2D eigenvalue weighted by Crippen LogP contribution is -2.23. The van der Waals surface area contributed by atoms with Crippen molar-refractivity contribution in [1.29, 1.82) is 0 Å². The highest BCUT2D eigenvalue weighted by molar-refractivity contribution is 7.89. The smallest absolute Gasteiger partial charge is 0.242 e. The summed E-state index contributed by atoms with van der Waals surface area (Å²) in [4.78, 5) is 3.99. The first kappa shape index (κ1) is 14.7. The zero-order chi connectivity index (χ0) is 14.6. The molecule has 0 atom stereocenters. The van der Waals surface area contributed by atoms with E-state index < -0.39 is 10.0 Å². The summed E-state index contributed by atoms with van der Waals surface area (Å²) in [6, 6.07) is 1.65. The zero-order valence-electron chi connectivity index (χ0n) is 11.3. The molecule has 2 aromatic rings. The Bertz CT molecular complexity index is 648. The van der Waals surface area contributed by atoms with Gasteiger partial charge in [-0.2, -0.15) is 4.98 Å². The van der Waals surface area contributed by atoms with Crippen LogP contribution in [0.1, 0.15) is 18.4 Å². The largest absolute Gasteiger partial charge is 0.349 e. The minimum Gasteiger partial charge on any atom is -0.349 e. The topological polar surface area (TPSA) is 102 Å². The van der Waals surface area contributed by atoms with E-state index in [1.807, 2.05) is 18.5 Å². The Hall–Kier alpha value is -1.71. The maximum Gasteiger partial charge on any atom is 0.242 e. The molecular formula is C11H17N5O3S. The van der Waals surface area contributed by atoms with Crippen molar-refractivity contribution in [1.82, 2.24) is 24.7 Å². The Labute approximate surface area is 117 Å². The highest BCUT2D eigenvalue weighted by Gasteiger charge is 2.18. The first-order valence-electron chi connectivity index (χ1n) is 6.15. The first-order valence-corrected chi connectivity index (χ1v) is 7.63. The van der Waals surface area contributed by atoms with Crippen molar-refractivity contribution >= 4 is 10.0 Å². The molecule has 2 N–H and O–H groups in total. The molecule has 0 fully saturated rings. The molecule has 0 unspecified atom stereocenters. The lowest BCUT2D eigenvalue weighted by Gasteiger charge is -2.03. The Morgan fingerprint density at radius 2 is 2.20 bits per heavy atom. The molecule has 0 radical (unpaired) electrons. The highest BCUT2D eigenvalue weighted by atomic mass is 32.2. The maximum atomic E-state index is 12.2. The molecule has 0 aromatic carbocycles. The van der Waals surface area contributed by atoms with Gasteiger partial charge in [0.25, 0.3) is 0 Å². The van der Waals surface area contributed by atoms with Gasteiger partial charge >= 0.3 is 0 Å². The molecule has 110 valence electrons. The predicted molar refractivity (Wildman–Crippen MR) is 71.2 cm³/mol. The molecule has 0 spiro atoms. The van der Waals surface area contributed by atoms with E-state index >= 15 is 0 Å². The third-order valence-electron chi connectivity index (χ3n) is 2.80. The molecule has 0 aliphatic heterocycles. The second-order valence-corrected chi connectivity index (χ2v) is 5.92. The summed E-state index contributed by atoms with van der Waals surface area (Å²) in [5.74, 6) is 0.291. The molecule has 0 amide bonds.